The molecule has 0 heterocycles. The summed E-state index contributed by atoms with van der Waals surface area (Å²) in [6, 6.07) is 18.3. The Kier molecular flexibility index (Phi) is 5.97. The minimum absolute atomic E-state index is 0.561. The Hall–Kier alpha value is -1.86. The Labute approximate surface area is 138 Å². The summed E-state index contributed by atoms with van der Waals surface area (Å²) in [5.74, 6) is 0. The second-order valence-electron chi connectivity index (χ2n) is 5.46. The lowest BCUT2D eigenvalue weighted by Gasteiger charge is -2.12. The van der Waals surface area contributed by atoms with Gasteiger partial charge in [0.2, 0.25) is 0 Å². The molecule has 0 aromatic heterocycles. The predicted molar refractivity (Wildman–Crippen MR) is 97.5 cm³/mol. The summed E-state index contributed by atoms with van der Waals surface area (Å²) in [6.07, 6.45) is 1.02. The molecule has 2 rings (SSSR count). The molecule has 2 aromatic rings. The topological polar surface area (TPSA) is 12.4 Å². The van der Waals surface area contributed by atoms with Gasteiger partial charge in [0, 0.05) is 5.56 Å². The van der Waals surface area contributed by atoms with E-state index in [0.717, 1.165) is 12.0 Å². The van der Waals surface area contributed by atoms with Crippen molar-refractivity contribution >= 4 is 22.3 Å². The van der Waals surface area contributed by atoms with Crippen molar-refractivity contribution in [2.45, 2.75) is 33.7 Å². The van der Waals surface area contributed by atoms with Gasteiger partial charge in [0.05, 0.1) is 6.54 Å². The minimum atomic E-state index is 0.561. The Morgan fingerprint density at radius 2 is 1.59 bits per heavy atom. The number of halogens is 1. The van der Waals surface area contributed by atoms with Crippen molar-refractivity contribution in [3.8, 4) is 0 Å². The van der Waals surface area contributed by atoms with Crippen LogP contribution in [0.15, 0.2) is 65.2 Å². The number of benzene rings is 2. The van der Waals surface area contributed by atoms with Crippen molar-refractivity contribution in [2.24, 2.45) is 4.99 Å². The molecule has 22 heavy (non-hydrogen) atoms. The third kappa shape index (κ3) is 4.08. The first-order chi connectivity index (χ1) is 10.6. The second-order valence-corrected chi connectivity index (χ2v) is 5.82. The smallest absolute Gasteiger partial charge is 0.131 e. The van der Waals surface area contributed by atoms with Crippen LogP contribution in [0.4, 0.5) is 0 Å². The molecule has 0 bridgehead atoms. The molecule has 0 unspecified atom stereocenters. The largest absolute Gasteiger partial charge is 0.268 e. The summed E-state index contributed by atoms with van der Waals surface area (Å²) >= 11 is 6.32. The lowest BCUT2D eigenvalue weighted by Crippen LogP contribution is -1.96. The zero-order valence-corrected chi connectivity index (χ0v) is 14.2. The van der Waals surface area contributed by atoms with Gasteiger partial charge in [0.1, 0.15) is 5.17 Å². The lowest BCUT2D eigenvalue weighted by molar-refractivity contribution is 1.05. The molecule has 0 N–H and O–H groups in total. The van der Waals surface area contributed by atoms with Crippen molar-refractivity contribution < 1.29 is 0 Å². The minimum Gasteiger partial charge on any atom is -0.268 e. The van der Waals surface area contributed by atoms with Gasteiger partial charge in [-0.25, -0.2) is 0 Å². The van der Waals surface area contributed by atoms with Gasteiger partial charge in [-0.2, -0.15) is 0 Å². The molecule has 0 aliphatic rings. The number of allylic oxidation sites excluding steroid dienone is 2. The molecular weight excluding hydrogens is 290 g/mol. The fourth-order valence-electron chi connectivity index (χ4n) is 2.59. The van der Waals surface area contributed by atoms with Gasteiger partial charge in [-0.05, 0) is 37.0 Å². The molecule has 0 radical (unpaired) electrons. The molecule has 0 saturated carbocycles. The molecule has 2 heteroatoms. The van der Waals surface area contributed by atoms with E-state index in [1.165, 1.54) is 22.3 Å². The van der Waals surface area contributed by atoms with E-state index in [-0.39, 0.29) is 0 Å². The summed E-state index contributed by atoms with van der Waals surface area (Å²) in [7, 11) is 0. The van der Waals surface area contributed by atoms with Crippen LogP contribution >= 0.6 is 11.6 Å². The van der Waals surface area contributed by atoms with Crippen molar-refractivity contribution in [1.29, 1.82) is 0 Å². The van der Waals surface area contributed by atoms with Crippen LogP contribution in [0.2, 0.25) is 0 Å². The summed E-state index contributed by atoms with van der Waals surface area (Å²) in [6.45, 7) is 7.12. The molecule has 1 nitrogen and oxygen atoms in total. The maximum absolute atomic E-state index is 6.32. The summed E-state index contributed by atoms with van der Waals surface area (Å²) < 4.78 is 0. The van der Waals surface area contributed by atoms with Crippen LogP contribution in [0, 0.1) is 0 Å². The Balaban J connectivity index is 2.30. The fourth-order valence-corrected chi connectivity index (χ4v) is 2.77. The Morgan fingerprint density at radius 3 is 2.23 bits per heavy atom. The monoisotopic (exact) mass is 311 g/mol. The molecule has 0 spiro atoms. The number of rotatable bonds is 5. The average molecular weight is 312 g/mol. The van der Waals surface area contributed by atoms with Gasteiger partial charge in [0.15, 0.2) is 0 Å². The zero-order valence-electron chi connectivity index (χ0n) is 13.4. The highest BCUT2D eigenvalue weighted by Gasteiger charge is 2.07. The summed E-state index contributed by atoms with van der Waals surface area (Å²) in [4.78, 5) is 4.56. The first kappa shape index (κ1) is 16.5. The summed E-state index contributed by atoms with van der Waals surface area (Å²) in [5.41, 5.74) is 6.20. The molecule has 0 fully saturated rings. The van der Waals surface area contributed by atoms with E-state index < -0.39 is 0 Å². The van der Waals surface area contributed by atoms with Gasteiger partial charge >= 0.3 is 0 Å². The first-order valence-corrected chi connectivity index (χ1v) is 8.01. The Bertz CT molecular complexity index is 680. The van der Waals surface area contributed by atoms with Crippen molar-refractivity contribution in [3.05, 3.63) is 76.9 Å². The van der Waals surface area contributed by atoms with Gasteiger partial charge in [-0.3, -0.25) is 4.99 Å². The third-order valence-electron chi connectivity index (χ3n) is 3.70. The van der Waals surface area contributed by atoms with E-state index in [1.807, 2.05) is 30.3 Å². The number of hydrogen-bond donors (Lipinski definition) is 0. The highest BCUT2D eigenvalue weighted by Crippen LogP contribution is 2.26. The fraction of sp³-hybridized carbons (Fsp3) is 0.250. The van der Waals surface area contributed by atoms with Gasteiger partial charge in [0.25, 0.3) is 0 Å². The van der Waals surface area contributed by atoms with Crippen LogP contribution in [0.1, 0.15) is 43.9 Å². The van der Waals surface area contributed by atoms with Crippen LogP contribution < -0.4 is 0 Å². The van der Waals surface area contributed by atoms with Gasteiger partial charge in [-0.15, -0.1) is 0 Å². The highest BCUT2D eigenvalue weighted by atomic mass is 35.5. The first-order valence-electron chi connectivity index (χ1n) is 7.63. The number of nitrogens with zero attached hydrogens (tertiary/aromatic N) is 1. The lowest BCUT2D eigenvalue weighted by atomic mass is 9.94. The van der Waals surface area contributed by atoms with Gasteiger partial charge in [-0.1, -0.05) is 78.7 Å². The Morgan fingerprint density at radius 1 is 0.955 bits per heavy atom. The molecule has 0 aliphatic heterocycles. The van der Waals surface area contributed by atoms with Crippen LogP contribution in [0.25, 0.3) is 5.57 Å². The molecule has 0 saturated heterocycles. The highest BCUT2D eigenvalue weighted by molar-refractivity contribution is 6.69. The van der Waals surface area contributed by atoms with Crippen molar-refractivity contribution in [3.63, 3.8) is 0 Å². The van der Waals surface area contributed by atoms with E-state index in [4.69, 9.17) is 11.6 Å². The third-order valence-corrected chi connectivity index (χ3v) is 4.04. The average Bonchev–Trinajstić information content (AvgIpc) is 2.55. The van der Waals surface area contributed by atoms with E-state index in [1.54, 1.807) is 0 Å². The van der Waals surface area contributed by atoms with E-state index in [2.05, 4.69) is 50.0 Å². The van der Waals surface area contributed by atoms with Crippen LogP contribution in [-0.4, -0.2) is 5.17 Å². The maximum Gasteiger partial charge on any atom is 0.131 e. The van der Waals surface area contributed by atoms with Crippen molar-refractivity contribution in [2.75, 3.05) is 0 Å². The van der Waals surface area contributed by atoms with E-state index >= 15 is 0 Å². The van der Waals surface area contributed by atoms with Crippen LogP contribution in [0.3, 0.4) is 0 Å². The van der Waals surface area contributed by atoms with Gasteiger partial charge < -0.3 is 0 Å². The normalized spacial score (nSPS) is 11.4. The number of aliphatic imine (C=N–C) groups is 1. The quantitative estimate of drug-likeness (QED) is 0.594. The molecule has 114 valence electrons. The second kappa shape index (κ2) is 7.95. The predicted octanol–water partition coefficient (Wildman–Crippen LogP) is 6.08. The molecule has 0 amide bonds. The standard InChI is InChI=1S/C20H22ClN/c1-4-18(15(2)3)19-13-9-8-12-17(19)14-22-20(21)16-10-6-5-7-11-16/h5-13H,4,14H2,1-3H3. The maximum atomic E-state index is 6.32. The molecule has 0 aliphatic carbocycles. The van der Waals surface area contributed by atoms with Crippen LogP contribution in [-0.2, 0) is 6.54 Å². The van der Waals surface area contributed by atoms with Crippen molar-refractivity contribution in [1.82, 2.24) is 0 Å². The summed E-state index contributed by atoms with van der Waals surface area (Å²) in [5, 5.41) is 0.561. The number of hydrogen-bond acceptors (Lipinski definition) is 1. The zero-order chi connectivity index (χ0) is 15.9. The molecular formula is C20H22ClN. The molecule has 0 atom stereocenters. The molecule has 2 aromatic carbocycles. The van der Waals surface area contributed by atoms with E-state index in [9.17, 15) is 0 Å². The van der Waals surface area contributed by atoms with Crippen LogP contribution in [0.5, 0.6) is 0 Å². The van der Waals surface area contributed by atoms with E-state index in [0.29, 0.717) is 11.7 Å². The SMILES string of the molecule is CCC(=C(C)C)c1ccccc1CN=C(Cl)c1ccccc1.